The topological polar surface area (TPSA) is 70.8 Å². The largest absolute Gasteiger partial charge is 0.484 e. The van der Waals surface area contributed by atoms with Gasteiger partial charge in [0.05, 0.1) is 6.10 Å². The van der Waals surface area contributed by atoms with Crippen LogP contribution in [0.1, 0.15) is 46.0 Å². The number of cyclic esters (lactones) is 1. The van der Waals surface area contributed by atoms with E-state index in [2.05, 4.69) is 6.92 Å². The molecule has 0 bridgehead atoms. The number of benzene rings is 1. The summed E-state index contributed by atoms with van der Waals surface area (Å²) in [5.41, 5.74) is 5.90. The van der Waals surface area contributed by atoms with Crippen LogP contribution in [-0.4, -0.2) is 36.9 Å². The third kappa shape index (κ3) is 6.84. The van der Waals surface area contributed by atoms with Crippen LogP contribution in [0.25, 0.3) is 0 Å². The number of carbonyl (C=O) groups excluding carboxylic acids is 1. The number of para-hydroxylation sites is 1. The van der Waals surface area contributed by atoms with E-state index in [4.69, 9.17) is 19.9 Å². The first-order chi connectivity index (χ1) is 11.6. The highest BCUT2D eigenvalue weighted by atomic mass is 35.5. The molecule has 1 aliphatic rings. The lowest BCUT2D eigenvalue weighted by molar-refractivity contribution is -0.161. The highest BCUT2D eigenvalue weighted by Gasteiger charge is 2.34. The van der Waals surface area contributed by atoms with Gasteiger partial charge >= 0.3 is 5.97 Å². The first-order valence-corrected chi connectivity index (χ1v) is 8.91. The molecule has 1 aliphatic heterocycles. The fraction of sp³-hybridized carbons (Fsp3) is 0.632. The number of ether oxygens (including phenoxy) is 3. The van der Waals surface area contributed by atoms with Crippen LogP contribution >= 0.6 is 12.4 Å². The average molecular weight is 372 g/mol. The van der Waals surface area contributed by atoms with E-state index in [0.717, 1.165) is 31.4 Å². The molecule has 1 saturated heterocycles. The van der Waals surface area contributed by atoms with Gasteiger partial charge in [-0.25, -0.2) is 0 Å². The first-order valence-electron chi connectivity index (χ1n) is 8.91. The zero-order chi connectivity index (χ0) is 17.4. The third-order valence-electron chi connectivity index (χ3n) is 4.24. The van der Waals surface area contributed by atoms with Gasteiger partial charge in [-0.3, -0.25) is 4.79 Å². The molecule has 142 valence electrons. The zero-order valence-electron chi connectivity index (χ0n) is 15.1. The van der Waals surface area contributed by atoms with Crippen LogP contribution in [-0.2, 0) is 14.3 Å². The lowest BCUT2D eigenvalue weighted by Crippen LogP contribution is -2.47. The number of nitrogens with two attached hydrogens (primary N) is 1. The van der Waals surface area contributed by atoms with Gasteiger partial charge in [-0.1, -0.05) is 38.0 Å². The van der Waals surface area contributed by atoms with Crippen molar-refractivity contribution < 1.29 is 19.0 Å². The van der Waals surface area contributed by atoms with Gasteiger partial charge in [-0.05, 0) is 38.3 Å². The van der Waals surface area contributed by atoms with Crippen LogP contribution in [0.3, 0.4) is 0 Å². The molecule has 1 fully saturated rings. The predicted octanol–water partition coefficient (Wildman–Crippen LogP) is 3.48. The maximum Gasteiger partial charge on any atom is 0.323 e. The maximum absolute atomic E-state index is 12.1. The minimum absolute atomic E-state index is 0. The van der Waals surface area contributed by atoms with Crippen molar-refractivity contribution in [3.8, 4) is 5.75 Å². The molecule has 4 atom stereocenters. The fourth-order valence-electron chi connectivity index (χ4n) is 2.91. The molecule has 2 rings (SSSR count). The Kier molecular flexibility index (Phi) is 9.86. The smallest absolute Gasteiger partial charge is 0.323 e. The number of esters is 1. The quantitative estimate of drug-likeness (QED) is 0.802. The predicted molar refractivity (Wildman–Crippen MR) is 100 cm³/mol. The summed E-state index contributed by atoms with van der Waals surface area (Å²) < 4.78 is 17.7. The van der Waals surface area contributed by atoms with Gasteiger partial charge in [-0.2, -0.15) is 0 Å². The number of carbonyl (C=O) groups is 1. The van der Waals surface area contributed by atoms with Crippen molar-refractivity contribution in [2.45, 2.75) is 70.3 Å². The number of halogens is 1. The Labute approximate surface area is 156 Å². The Morgan fingerprint density at radius 1 is 1.20 bits per heavy atom. The molecular formula is C19H30ClNO4. The summed E-state index contributed by atoms with van der Waals surface area (Å²) in [4.78, 5) is 12.1. The second-order valence-electron chi connectivity index (χ2n) is 6.34. The molecule has 1 aromatic rings. The van der Waals surface area contributed by atoms with Crippen molar-refractivity contribution in [2.75, 3.05) is 6.61 Å². The van der Waals surface area contributed by atoms with E-state index in [1.165, 1.54) is 0 Å². The van der Waals surface area contributed by atoms with Gasteiger partial charge in [0.15, 0.2) is 6.10 Å². The summed E-state index contributed by atoms with van der Waals surface area (Å²) in [6, 6.07) is 9.02. The van der Waals surface area contributed by atoms with E-state index in [-0.39, 0.29) is 30.6 Å². The van der Waals surface area contributed by atoms with E-state index >= 15 is 0 Å². The SMILES string of the molecule is CCCO[C@H]1CCCC[C@H](N)C(=O)O[C@@H](C)[C@@H]1Oc1ccccc1.Cl. The van der Waals surface area contributed by atoms with Gasteiger partial charge in [0.1, 0.15) is 17.9 Å². The van der Waals surface area contributed by atoms with Gasteiger partial charge < -0.3 is 19.9 Å². The maximum atomic E-state index is 12.1. The number of hydrogen-bond acceptors (Lipinski definition) is 5. The van der Waals surface area contributed by atoms with E-state index in [0.29, 0.717) is 13.0 Å². The van der Waals surface area contributed by atoms with Crippen molar-refractivity contribution in [2.24, 2.45) is 5.73 Å². The summed E-state index contributed by atoms with van der Waals surface area (Å²) in [6.07, 6.45) is 3.40. The molecule has 0 spiro atoms. The van der Waals surface area contributed by atoms with E-state index in [1.54, 1.807) is 0 Å². The van der Waals surface area contributed by atoms with Crippen LogP contribution in [0.4, 0.5) is 0 Å². The van der Waals surface area contributed by atoms with Gasteiger partial charge in [-0.15, -0.1) is 12.4 Å². The molecule has 0 saturated carbocycles. The van der Waals surface area contributed by atoms with Crippen molar-refractivity contribution >= 4 is 18.4 Å². The zero-order valence-corrected chi connectivity index (χ0v) is 15.9. The molecule has 1 aromatic carbocycles. The summed E-state index contributed by atoms with van der Waals surface area (Å²) in [5, 5.41) is 0. The summed E-state index contributed by atoms with van der Waals surface area (Å²) >= 11 is 0. The first kappa shape index (κ1) is 21.7. The highest BCUT2D eigenvalue weighted by molar-refractivity contribution is 5.85. The molecular weight excluding hydrogens is 342 g/mol. The van der Waals surface area contributed by atoms with Crippen LogP contribution in [0.2, 0.25) is 0 Å². The molecule has 6 heteroatoms. The monoisotopic (exact) mass is 371 g/mol. The second-order valence-corrected chi connectivity index (χ2v) is 6.34. The lowest BCUT2D eigenvalue weighted by atomic mass is 9.99. The Bertz CT molecular complexity index is 499. The normalized spacial score (nSPS) is 27.7. The molecule has 0 amide bonds. The number of hydrogen-bond donors (Lipinski definition) is 1. The van der Waals surface area contributed by atoms with E-state index in [9.17, 15) is 4.79 Å². The van der Waals surface area contributed by atoms with Crippen LogP contribution in [0.15, 0.2) is 30.3 Å². The second kappa shape index (κ2) is 11.3. The molecule has 5 nitrogen and oxygen atoms in total. The van der Waals surface area contributed by atoms with Gasteiger partial charge in [0, 0.05) is 6.61 Å². The molecule has 0 radical (unpaired) electrons. The average Bonchev–Trinajstić information content (AvgIpc) is 2.59. The lowest BCUT2D eigenvalue weighted by Gasteiger charge is -2.33. The molecule has 0 aromatic heterocycles. The summed E-state index contributed by atoms with van der Waals surface area (Å²) in [6.45, 7) is 4.59. The van der Waals surface area contributed by atoms with Crippen molar-refractivity contribution in [3.63, 3.8) is 0 Å². The molecule has 25 heavy (non-hydrogen) atoms. The fourth-order valence-corrected chi connectivity index (χ4v) is 2.91. The number of rotatable bonds is 5. The standard InChI is InChI=1S/C19H29NO4.ClH/c1-3-13-22-17-12-8-7-11-16(20)19(21)23-14(2)18(17)24-15-9-5-4-6-10-15;/h4-6,9-10,14,16-18H,3,7-8,11-13,20H2,1-2H3;1H/t14-,16-,17-,18-;/m0./s1. The van der Waals surface area contributed by atoms with Gasteiger partial charge in [0.2, 0.25) is 0 Å². The van der Waals surface area contributed by atoms with Crippen molar-refractivity contribution in [1.82, 2.24) is 0 Å². The van der Waals surface area contributed by atoms with Crippen LogP contribution in [0.5, 0.6) is 5.75 Å². The minimum Gasteiger partial charge on any atom is -0.484 e. The minimum atomic E-state index is -0.557. The third-order valence-corrected chi connectivity index (χ3v) is 4.24. The van der Waals surface area contributed by atoms with E-state index in [1.807, 2.05) is 37.3 Å². The molecule has 0 aliphatic carbocycles. The molecule has 0 unspecified atom stereocenters. The van der Waals surface area contributed by atoms with Crippen LogP contribution in [0, 0.1) is 0 Å². The summed E-state index contributed by atoms with van der Waals surface area (Å²) in [7, 11) is 0. The van der Waals surface area contributed by atoms with Gasteiger partial charge in [0.25, 0.3) is 0 Å². The van der Waals surface area contributed by atoms with E-state index < -0.39 is 12.1 Å². The Hall–Kier alpha value is -1.30. The van der Waals surface area contributed by atoms with Crippen molar-refractivity contribution in [1.29, 1.82) is 0 Å². The molecule has 1 heterocycles. The molecule has 2 N–H and O–H groups in total. The summed E-state index contributed by atoms with van der Waals surface area (Å²) in [5.74, 6) is 0.386. The van der Waals surface area contributed by atoms with Crippen molar-refractivity contribution in [3.05, 3.63) is 30.3 Å². The Balaban J connectivity index is 0.00000312. The Morgan fingerprint density at radius 2 is 1.88 bits per heavy atom. The highest BCUT2D eigenvalue weighted by Crippen LogP contribution is 2.23. The van der Waals surface area contributed by atoms with Crippen LogP contribution < -0.4 is 10.5 Å². The Morgan fingerprint density at radius 3 is 2.56 bits per heavy atom.